The molecule has 0 aliphatic carbocycles. The number of benzene rings is 1. The maximum absolute atomic E-state index is 11.2. The molecule has 0 saturated heterocycles. The van der Waals surface area contributed by atoms with Crippen molar-refractivity contribution in [1.82, 2.24) is 0 Å². The first kappa shape index (κ1) is 13.8. The first-order valence-corrected chi connectivity index (χ1v) is 5.33. The molecule has 0 heterocycles. The lowest BCUT2D eigenvalue weighted by atomic mass is 10.0. The van der Waals surface area contributed by atoms with Gasteiger partial charge in [-0.25, -0.2) is 9.59 Å². The summed E-state index contributed by atoms with van der Waals surface area (Å²) >= 11 is 0. The van der Waals surface area contributed by atoms with E-state index in [1.54, 1.807) is 13.0 Å². The zero-order chi connectivity index (χ0) is 13.7. The molecule has 0 aliphatic heterocycles. The maximum Gasteiger partial charge on any atom is 0.339 e. The molecule has 0 aliphatic rings. The Morgan fingerprint density at radius 2 is 2.00 bits per heavy atom. The Balaban J connectivity index is 3.29. The average molecular weight is 250 g/mol. The van der Waals surface area contributed by atoms with Gasteiger partial charge < -0.3 is 14.9 Å². The molecule has 1 aromatic rings. The molecule has 0 unspecified atom stereocenters. The molecular formula is C13H14O5. The van der Waals surface area contributed by atoms with Crippen LogP contribution in [0.25, 0.3) is 0 Å². The number of carboxylic acids is 2. The molecule has 0 aromatic heterocycles. The fourth-order valence-electron chi connectivity index (χ4n) is 1.51. The van der Waals surface area contributed by atoms with Crippen LogP contribution >= 0.6 is 0 Å². The lowest BCUT2D eigenvalue weighted by molar-refractivity contribution is 0.0688. The number of aryl methyl sites for hydroxylation is 1. The van der Waals surface area contributed by atoms with E-state index in [1.165, 1.54) is 12.1 Å². The number of ether oxygens (including phenoxy) is 1. The normalized spacial score (nSPS) is 9.83. The van der Waals surface area contributed by atoms with Crippen LogP contribution in [-0.4, -0.2) is 28.8 Å². The van der Waals surface area contributed by atoms with Gasteiger partial charge in [0.2, 0.25) is 0 Å². The Morgan fingerprint density at radius 1 is 1.33 bits per heavy atom. The van der Waals surface area contributed by atoms with Crippen molar-refractivity contribution in [2.45, 2.75) is 13.3 Å². The van der Waals surface area contributed by atoms with Gasteiger partial charge in [-0.15, -0.1) is 6.58 Å². The summed E-state index contributed by atoms with van der Waals surface area (Å²) in [5, 5.41) is 18.1. The van der Waals surface area contributed by atoms with Gasteiger partial charge in [0, 0.05) is 0 Å². The molecule has 0 radical (unpaired) electrons. The molecule has 5 nitrogen and oxygen atoms in total. The van der Waals surface area contributed by atoms with Gasteiger partial charge in [-0.3, -0.25) is 0 Å². The van der Waals surface area contributed by atoms with Gasteiger partial charge in [0.1, 0.15) is 16.9 Å². The number of rotatable bonds is 6. The molecule has 18 heavy (non-hydrogen) atoms. The minimum Gasteiger partial charge on any atom is -0.491 e. The van der Waals surface area contributed by atoms with Gasteiger partial charge in [-0.2, -0.15) is 0 Å². The lowest BCUT2D eigenvalue weighted by Gasteiger charge is -2.13. The number of carbonyl (C=O) groups is 2. The van der Waals surface area contributed by atoms with Crippen molar-refractivity contribution >= 4 is 11.9 Å². The highest BCUT2D eigenvalue weighted by atomic mass is 16.5. The lowest BCUT2D eigenvalue weighted by Crippen LogP contribution is -2.11. The Bertz CT molecular complexity index is 490. The van der Waals surface area contributed by atoms with Crippen LogP contribution in [0.5, 0.6) is 5.75 Å². The zero-order valence-electron chi connectivity index (χ0n) is 9.97. The zero-order valence-corrected chi connectivity index (χ0v) is 9.97. The smallest absolute Gasteiger partial charge is 0.339 e. The van der Waals surface area contributed by atoms with E-state index in [0.717, 1.165) is 0 Å². The summed E-state index contributed by atoms with van der Waals surface area (Å²) in [5.41, 5.74) is 0.196. The summed E-state index contributed by atoms with van der Waals surface area (Å²) in [6.07, 6.45) is 2.11. The molecule has 0 saturated carbocycles. The summed E-state index contributed by atoms with van der Waals surface area (Å²) in [6, 6.07) is 2.79. The Morgan fingerprint density at radius 3 is 2.50 bits per heavy atom. The van der Waals surface area contributed by atoms with Gasteiger partial charge in [0.05, 0.1) is 6.61 Å². The molecule has 5 heteroatoms. The maximum atomic E-state index is 11.2. The van der Waals surface area contributed by atoms with Crippen molar-refractivity contribution in [2.24, 2.45) is 0 Å². The molecule has 1 rings (SSSR count). The minimum atomic E-state index is -1.22. The van der Waals surface area contributed by atoms with Crippen LogP contribution in [0.1, 0.15) is 32.7 Å². The molecule has 0 spiro atoms. The second-order valence-electron chi connectivity index (χ2n) is 3.67. The standard InChI is InChI=1S/C13H14O5/c1-3-4-7-18-11-9(12(14)15)6-5-8(2)10(11)13(16)17/h3,5-6H,1,4,7H2,2H3,(H,14,15)(H,16,17). The van der Waals surface area contributed by atoms with Crippen LogP contribution in [0.2, 0.25) is 0 Å². The van der Waals surface area contributed by atoms with Crippen molar-refractivity contribution in [3.05, 3.63) is 41.5 Å². The molecule has 0 bridgehead atoms. The van der Waals surface area contributed by atoms with Gasteiger partial charge in [-0.1, -0.05) is 12.1 Å². The van der Waals surface area contributed by atoms with Crippen LogP contribution < -0.4 is 4.74 Å². The topological polar surface area (TPSA) is 83.8 Å². The fourth-order valence-corrected chi connectivity index (χ4v) is 1.51. The predicted octanol–water partition coefficient (Wildman–Crippen LogP) is 2.35. The van der Waals surface area contributed by atoms with Crippen molar-refractivity contribution in [3.63, 3.8) is 0 Å². The van der Waals surface area contributed by atoms with Gasteiger partial charge in [0.25, 0.3) is 0 Å². The van der Waals surface area contributed by atoms with Crippen molar-refractivity contribution in [1.29, 1.82) is 0 Å². The molecule has 2 N–H and O–H groups in total. The third-order valence-corrected chi connectivity index (χ3v) is 2.38. The number of hydrogen-bond donors (Lipinski definition) is 2. The monoisotopic (exact) mass is 250 g/mol. The van der Waals surface area contributed by atoms with Crippen LogP contribution in [0.15, 0.2) is 24.8 Å². The minimum absolute atomic E-state index is 0.100. The highest BCUT2D eigenvalue weighted by Crippen LogP contribution is 2.27. The van der Waals surface area contributed by atoms with Crippen molar-refractivity contribution in [2.75, 3.05) is 6.61 Å². The van der Waals surface area contributed by atoms with Crippen molar-refractivity contribution < 1.29 is 24.5 Å². The van der Waals surface area contributed by atoms with E-state index in [1.807, 2.05) is 0 Å². The first-order valence-electron chi connectivity index (χ1n) is 5.33. The fraction of sp³-hybridized carbons (Fsp3) is 0.231. The summed E-state index contributed by atoms with van der Waals surface area (Å²) in [4.78, 5) is 22.2. The van der Waals surface area contributed by atoms with Crippen LogP contribution in [-0.2, 0) is 0 Å². The van der Waals surface area contributed by atoms with Gasteiger partial charge in [0.15, 0.2) is 0 Å². The molecule has 0 atom stereocenters. The summed E-state index contributed by atoms with van der Waals surface area (Å²) in [5.74, 6) is -2.52. The number of aromatic carboxylic acids is 2. The van der Waals surface area contributed by atoms with E-state index in [-0.39, 0.29) is 23.5 Å². The SMILES string of the molecule is C=CCCOc1c(C(=O)O)ccc(C)c1C(=O)O. The molecular weight excluding hydrogens is 236 g/mol. The highest BCUT2D eigenvalue weighted by Gasteiger charge is 2.22. The molecule has 96 valence electrons. The summed E-state index contributed by atoms with van der Waals surface area (Å²) in [7, 11) is 0. The summed E-state index contributed by atoms with van der Waals surface area (Å²) < 4.78 is 5.28. The van der Waals surface area contributed by atoms with E-state index in [4.69, 9.17) is 14.9 Å². The third kappa shape index (κ3) is 2.88. The van der Waals surface area contributed by atoms with Gasteiger partial charge in [-0.05, 0) is 25.0 Å². The number of carboxylic acid groups (broad SMARTS) is 2. The van der Waals surface area contributed by atoms with Gasteiger partial charge >= 0.3 is 11.9 Å². The van der Waals surface area contributed by atoms with Crippen LogP contribution in [0.3, 0.4) is 0 Å². The van der Waals surface area contributed by atoms with E-state index < -0.39 is 11.9 Å². The van der Waals surface area contributed by atoms with E-state index in [2.05, 4.69) is 6.58 Å². The molecule has 0 amide bonds. The first-order chi connectivity index (χ1) is 8.49. The average Bonchev–Trinajstić information content (AvgIpc) is 2.28. The van der Waals surface area contributed by atoms with Crippen LogP contribution in [0, 0.1) is 6.92 Å². The largest absolute Gasteiger partial charge is 0.491 e. The second-order valence-corrected chi connectivity index (χ2v) is 3.67. The van der Waals surface area contributed by atoms with Crippen molar-refractivity contribution in [3.8, 4) is 5.75 Å². The second kappa shape index (κ2) is 5.86. The van der Waals surface area contributed by atoms with Crippen LogP contribution in [0.4, 0.5) is 0 Å². The molecule has 1 aromatic carbocycles. The Labute approximate surface area is 104 Å². The number of hydrogen-bond acceptors (Lipinski definition) is 3. The predicted molar refractivity (Wildman–Crippen MR) is 65.4 cm³/mol. The molecule has 0 fully saturated rings. The van der Waals surface area contributed by atoms with E-state index in [0.29, 0.717) is 12.0 Å². The summed E-state index contributed by atoms with van der Waals surface area (Å²) in [6.45, 7) is 5.29. The Kier molecular flexibility index (Phi) is 4.48. The van der Waals surface area contributed by atoms with E-state index in [9.17, 15) is 9.59 Å². The van der Waals surface area contributed by atoms with E-state index >= 15 is 0 Å². The Hall–Kier alpha value is -2.30. The quantitative estimate of drug-likeness (QED) is 0.598. The third-order valence-electron chi connectivity index (χ3n) is 2.38. The highest BCUT2D eigenvalue weighted by molar-refractivity contribution is 5.99.